The second kappa shape index (κ2) is 9.98. The van der Waals surface area contributed by atoms with Gasteiger partial charge in [-0.1, -0.05) is 66.0 Å². The number of rotatable bonds is 5. The number of aromatic nitrogens is 2. The zero-order valence-corrected chi connectivity index (χ0v) is 16.6. The molecule has 0 spiro atoms. The summed E-state index contributed by atoms with van der Waals surface area (Å²) in [5.41, 5.74) is 2.99. The van der Waals surface area contributed by atoms with Crippen LogP contribution in [-0.2, 0) is 6.42 Å². The van der Waals surface area contributed by atoms with E-state index in [0.29, 0.717) is 10.3 Å². The molecule has 3 aromatic rings. The van der Waals surface area contributed by atoms with Crippen LogP contribution in [0.4, 0.5) is 17.3 Å². The Labute approximate surface area is 171 Å². The van der Waals surface area contributed by atoms with Gasteiger partial charge in [0.25, 0.3) is 0 Å². The molecule has 1 heterocycles. The van der Waals surface area contributed by atoms with Crippen LogP contribution in [0.5, 0.6) is 0 Å². The van der Waals surface area contributed by atoms with Crippen molar-refractivity contribution in [2.45, 2.75) is 26.2 Å². The predicted molar refractivity (Wildman–Crippen MR) is 106 cm³/mol. The summed E-state index contributed by atoms with van der Waals surface area (Å²) in [6.45, 7) is 2.17. The smallest absolute Gasteiger partial charge is 0.418 e. The molecule has 0 fully saturated rings. The Hall–Kier alpha value is -1.99. The summed E-state index contributed by atoms with van der Waals surface area (Å²) in [4.78, 5) is 0. The first-order valence-corrected chi connectivity index (χ1v) is 9.48. The van der Waals surface area contributed by atoms with E-state index < -0.39 is 7.25 Å². The van der Waals surface area contributed by atoms with Crippen LogP contribution in [0.2, 0.25) is 10.3 Å². The fourth-order valence-electron chi connectivity index (χ4n) is 2.67. The summed E-state index contributed by atoms with van der Waals surface area (Å²) in [7, 11) is -6.00. The Kier molecular flexibility index (Phi) is 7.95. The van der Waals surface area contributed by atoms with Crippen LogP contribution < -0.4 is 4.68 Å². The van der Waals surface area contributed by atoms with Crippen LogP contribution in [0.1, 0.15) is 25.3 Å². The van der Waals surface area contributed by atoms with Gasteiger partial charge in [0, 0.05) is 12.1 Å². The van der Waals surface area contributed by atoms with Gasteiger partial charge in [0.2, 0.25) is 5.69 Å². The predicted octanol–water partition coefficient (Wildman–Crippen LogP) is 6.70. The highest BCUT2D eigenvalue weighted by Crippen LogP contribution is 2.28. The molecule has 2 nitrogen and oxygen atoms in total. The van der Waals surface area contributed by atoms with E-state index in [1.54, 1.807) is 0 Å². The molecule has 9 heteroatoms. The Morgan fingerprint density at radius 1 is 0.893 bits per heavy atom. The molecular weight excluding hydrogens is 414 g/mol. The highest BCUT2D eigenvalue weighted by Gasteiger charge is 2.30. The lowest BCUT2D eigenvalue weighted by Crippen LogP contribution is -2.40. The van der Waals surface area contributed by atoms with Gasteiger partial charge < -0.3 is 17.3 Å². The molecular formula is C19H19BCl2F4N2. The second-order valence-corrected chi connectivity index (χ2v) is 6.67. The van der Waals surface area contributed by atoms with Crippen molar-refractivity contribution in [2.24, 2.45) is 0 Å². The monoisotopic (exact) mass is 432 g/mol. The van der Waals surface area contributed by atoms with Crippen molar-refractivity contribution in [1.29, 1.82) is 0 Å². The second-order valence-electron chi connectivity index (χ2n) is 5.95. The maximum absolute atomic E-state index is 9.75. The third-order valence-corrected chi connectivity index (χ3v) is 4.63. The minimum absolute atomic E-state index is 0.679. The average Bonchev–Trinajstić information content (AvgIpc) is 2.90. The molecule has 0 saturated carbocycles. The summed E-state index contributed by atoms with van der Waals surface area (Å²) in [6.07, 6.45) is 3.04. The summed E-state index contributed by atoms with van der Waals surface area (Å²) in [5, 5.41) is 1.36. The molecule has 0 unspecified atom stereocenters. The standard InChI is InChI=1S/C19H19Cl2N2.BF4/c1-2-3-14-17-18(20)22(15-10-6-4-7-11-15)23(19(17)21)16-12-8-5-9-13-16;2-1(3,4)5/h4-13H,2-3,14H2,1H3;/q+1;-1. The van der Waals surface area contributed by atoms with Crippen molar-refractivity contribution in [2.75, 3.05) is 0 Å². The molecule has 0 saturated heterocycles. The molecule has 0 bridgehead atoms. The first-order valence-electron chi connectivity index (χ1n) is 8.73. The first-order chi connectivity index (χ1) is 13.2. The molecule has 1 aromatic heterocycles. The summed E-state index contributed by atoms with van der Waals surface area (Å²) in [6, 6.07) is 20.1. The van der Waals surface area contributed by atoms with E-state index in [2.05, 4.69) is 6.92 Å². The number of para-hydroxylation sites is 2. The molecule has 3 rings (SSSR count). The van der Waals surface area contributed by atoms with E-state index in [1.807, 2.05) is 70.0 Å². The maximum atomic E-state index is 9.75. The van der Waals surface area contributed by atoms with Crippen molar-refractivity contribution in [3.8, 4) is 11.4 Å². The lowest BCUT2D eigenvalue weighted by atomic mass is 10.2. The molecule has 0 aliphatic carbocycles. The van der Waals surface area contributed by atoms with Gasteiger partial charge >= 0.3 is 12.4 Å². The van der Waals surface area contributed by atoms with E-state index in [1.165, 1.54) is 0 Å². The third kappa shape index (κ3) is 6.01. The van der Waals surface area contributed by atoms with E-state index in [0.717, 1.165) is 36.2 Å². The SMILES string of the molecule is CCCCc1c(Cl)n(-c2ccccc2)[n+](-c2ccccc2)c1Cl.F[B-](F)(F)F. The first kappa shape index (κ1) is 22.3. The van der Waals surface area contributed by atoms with Crippen molar-refractivity contribution in [3.05, 3.63) is 76.5 Å². The average molecular weight is 433 g/mol. The fraction of sp³-hybridized carbons (Fsp3) is 0.211. The van der Waals surface area contributed by atoms with Gasteiger partial charge in [-0.05, 0) is 36.6 Å². The number of hydrogen-bond acceptors (Lipinski definition) is 0. The van der Waals surface area contributed by atoms with Crippen molar-refractivity contribution < 1.29 is 21.9 Å². The lowest BCUT2D eigenvalue weighted by Gasteiger charge is -2.03. The third-order valence-electron chi connectivity index (χ3n) is 3.85. The van der Waals surface area contributed by atoms with Gasteiger partial charge in [-0.2, -0.15) is 0 Å². The molecule has 0 N–H and O–H groups in total. The number of benzene rings is 2. The van der Waals surface area contributed by atoms with Crippen LogP contribution in [0.15, 0.2) is 60.7 Å². The summed E-state index contributed by atoms with van der Waals surface area (Å²) in [5.74, 6) is 0. The van der Waals surface area contributed by atoms with Crippen LogP contribution >= 0.6 is 23.2 Å². The Balaban J connectivity index is 0.000000500. The molecule has 150 valence electrons. The lowest BCUT2D eigenvalue weighted by molar-refractivity contribution is -0.672. The molecule has 0 amide bonds. The number of hydrogen-bond donors (Lipinski definition) is 0. The highest BCUT2D eigenvalue weighted by molar-refractivity contribution is 6.50. The van der Waals surface area contributed by atoms with Crippen LogP contribution in [0, 0.1) is 0 Å². The van der Waals surface area contributed by atoms with E-state index in [9.17, 15) is 17.3 Å². The molecule has 0 atom stereocenters. The minimum atomic E-state index is -6.00. The van der Waals surface area contributed by atoms with Crippen molar-refractivity contribution >= 4 is 30.5 Å². The van der Waals surface area contributed by atoms with Gasteiger partial charge in [0.15, 0.2) is 5.15 Å². The molecule has 0 radical (unpaired) electrons. The maximum Gasteiger partial charge on any atom is 0.673 e. The van der Waals surface area contributed by atoms with E-state index >= 15 is 0 Å². The van der Waals surface area contributed by atoms with E-state index in [4.69, 9.17) is 23.2 Å². The topological polar surface area (TPSA) is 8.81 Å². The zero-order valence-electron chi connectivity index (χ0n) is 15.1. The number of nitrogens with zero attached hydrogens (tertiary/aromatic N) is 2. The Morgan fingerprint density at radius 2 is 1.39 bits per heavy atom. The minimum Gasteiger partial charge on any atom is -0.418 e. The highest BCUT2D eigenvalue weighted by atomic mass is 35.5. The normalized spacial score (nSPS) is 11.1. The summed E-state index contributed by atoms with van der Waals surface area (Å²) >= 11 is 13.4. The quantitative estimate of drug-likeness (QED) is 0.241. The van der Waals surface area contributed by atoms with Crippen molar-refractivity contribution in [3.63, 3.8) is 0 Å². The van der Waals surface area contributed by atoms with Gasteiger partial charge in [0.1, 0.15) is 5.69 Å². The number of unbranched alkanes of at least 4 members (excludes halogenated alkanes) is 1. The summed E-state index contributed by atoms with van der Waals surface area (Å²) < 4.78 is 43.0. The van der Waals surface area contributed by atoms with E-state index in [-0.39, 0.29) is 0 Å². The molecule has 2 aromatic carbocycles. The van der Waals surface area contributed by atoms with Crippen molar-refractivity contribution in [1.82, 2.24) is 4.68 Å². The van der Waals surface area contributed by atoms with Gasteiger partial charge in [0.05, 0.1) is 5.56 Å². The Bertz CT molecular complexity index is 815. The molecule has 28 heavy (non-hydrogen) atoms. The number of halogens is 6. The molecule has 0 aliphatic rings. The van der Waals surface area contributed by atoms with Crippen LogP contribution in [0.25, 0.3) is 11.4 Å². The zero-order chi connectivity index (χ0) is 20.7. The fourth-order valence-corrected chi connectivity index (χ4v) is 3.43. The largest absolute Gasteiger partial charge is 0.673 e. The van der Waals surface area contributed by atoms with Crippen LogP contribution in [-0.4, -0.2) is 11.9 Å². The van der Waals surface area contributed by atoms with Gasteiger partial charge in [-0.25, -0.2) is 0 Å². The van der Waals surface area contributed by atoms with Gasteiger partial charge in [-0.15, -0.1) is 4.68 Å². The molecule has 0 aliphatic heterocycles. The van der Waals surface area contributed by atoms with Gasteiger partial charge in [-0.3, -0.25) is 0 Å². The Morgan fingerprint density at radius 3 is 1.89 bits per heavy atom. The van der Waals surface area contributed by atoms with Crippen LogP contribution in [0.3, 0.4) is 0 Å².